The third-order valence-electron chi connectivity index (χ3n) is 5.35. The van der Waals surface area contributed by atoms with Crippen LogP contribution in [-0.2, 0) is 17.8 Å². The number of hydrogen-bond acceptors (Lipinski definition) is 5. The number of aromatic nitrogens is 2. The summed E-state index contributed by atoms with van der Waals surface area (Å²) in [4.78, 5) is 32.2. The van der Waals surface area contributed by atoms with Crippen LogP contribution in [0.3, 0.4) is 0 Å². The van der Waals surface area contributed by atoms with E-state index in [0.717, 1.165) is 11.5 Å². The molecule has 0 aliphatic heterocycles. The molecule has 2 aromatic carbocycles. The Morgan fingerprint density at radius 2 is 1.84 bits per heavy atom. The lowest BCUT2D eigenvalue weighted by Crippen LogP contribution is -2.29. The number of amides is 1. The summed E-state index contributed by atoms with van der Waals surface area (Å²) in [7, 11) is 3.33. The van der Waals surface area contributed by atoms with E-state index >= 15 is 0 Å². The summed E-state index contributed by atoms with van der Waals surface area (Å²) in [6.45, 7) is 2.25. The number of fused-ring (bicyclic) bond motifs is 1. The number of rotatable bonds is 7. The van der Waals surface area contributed by atoms with E-state index in [1.807, 2.05) is 67.6 Å². The molecule has 0 aliphatic rings. The number of para-hydroxylation sites is 2. The predicted molar refractivity (Wildman–Crippen MR) is 122 cm³/mol. The molecule has 1 amide bonds. The Balaban J connectivity index is 1.60. The first-order valence-electron chi connectivity index (χ1n) is 10.4. The minimum atomic E-state index is -0.231. The summed E-state index contributed by atoms with van der Waals surface area (Å²) in [6, 6.07) is 18.5. The zero-order valence-corrected chi connectivity index (χ0v) is 18.4. The summed E-state index contributed by atoms with van der Waals surface area (Å²) in [5, 5.41) is 0. The number of benzene rings is 2. The second kappa shape index (κ2) is 9.09. The monoisotopic (exact) mass is 431 g/mol. The Hall–Kier alpha value is -3.87. The molecule has 0 spiro atoms. The third-order valence-corrected chi connectivity index (χ3v) is 5.35. The highest BCUT2D eigenvalue weighted by Gasteiger charge is 2.16. The van der Waals surface area contributed by atoms with E-state index in [1.54, 1.807) is 23.6 Å². The van der Waals surface area contributed by atoms with Crippen LogP contribution in [0.2, 0.25) is 0 Å². The minimum absolute atomic E-state index is 0.0793. The van der Waals surface area contributed by atoms with Gasteiger partial charge in [0.15, 0.2) is 0 Å². The molecule has 0 unspecified atom stereocenters. The molecule has 0 N–H and O–H groups in total. The molecule has 164 valence electrons. The van der Waals surface area contributed by atoms with Gasteiger partial charge in [-0.2, -0.15) is 0 Å². The number of nitrogens with zero attached hydrogens (tertiary/aromatic N) is 3. The molecule has 0 bridgehead atoms. The van der Waals surface area contributed by atoms with Crippen LogP contribution in [0, 0.1) is 6.92 Å². The van der Waals surface area contributed by atoms with Crippen LogP contribution >= 0.6 is 0 Å². The van der Waals surface area contributed by atoms with E-state index in [4.69, 9.17) is 9.15 Å². The molecule has 4 rings (SSSR count). The van der Waals surface area contributed by atoms with Crippen molar-refractivity contribution < 1.29 is 13.9 Å². The van der Waals surface area contributed by atoms with Gasteiger partial charge in [-0.1, -0.05) is 12.1 Å². The molecule has 32 heavy (non-hydrogen) atoms. The topological polar surface area (TPSA) is 77.6 Å². The fraction of sp³-hybridized carbons (Fsp3) is 0.240. The summed E-state index contributed by atoms with van der Waals surface area (Å²) < 4.78 is 12.4. The van der Waals surface area contributed by atoms with Crippen LogP contribution in [0.5, 0.6) is 5.75 Å². The first-order valence-corrected chi connectivity index (χ1v) is 10.4. The highest BCUT2D eigenvalue weighted by atomic mass is 16.5. The maximum absolute atomic E-state index is 13.3. The highest BCUT2D eigenvalue weighted by molar-refractivity contribution is 5.78. The minimum Gasteiger partial charge on any atom is -0.497 e. The third kappa shape index (κ3) is 4.42. The number of methoxy groups -OCH3 is 1. The van der Waals surface area contributed by atoms with E-state index in [9.17, 15) is 9.59 Å². The van der Waals surface area contributed by atoms with Gasteiger partial charge in [0, 0.05) is 25.6 Å². The zero-order valence-electron chi connectivity index (χ0n) is 18.4. The number of carbonyl (C=O) groups is 1. The van der Waals surface area contributed by atoms with Gasteiger partial charge in [-0.05, 0) is 55.5 Å². The molecular weight excluding hydrogens is 406 g/mol. The maximum Gasteiger partial charge on any atom is 0.277 e. The second-order valence-electron chi connectivity index (χ2n) is 7.65. The van der Waals surface area contributed by atoms with Gasteiger partial charge < -0.3 is 14.1 Å². The summed E-state index contributed by atoms with van der Waals surface area (Å²) in [5.74, 6) is 2.16. The van der Waals surface area contributed by atoms with Crippen molar-refractivity contribution in [2.45, 2.75) is 26.3 Å². The van der Waals surface area contributed by atoms with E-state index in [-0.39, 0.29) is 24.3 Å². The van der Waals surface area contributed by atoms with Gasteiger partial charge >= 0.3 is 0 Å². The fourth-order valence-electron chi connectivity index (χ4n) is 3.64. The standard InChI is InChI=1S/C25H25N3O4/c1-17-8-11-20(32-17)16-27(2)24(29)15-14-22-25(30)28(18-9-12-19(31-3)13-10-18)23-7-5-4-6-21(23)26-22/h4-13H,14-16H2,1-3H3. The average Bonchev–Trinajstić information content (AvgIpc) is 3.22. The number of furan rings is 1. The van der Waals surface area contributed by atoms with Gasteiger partial charge in [0.2, 0.25) is 5.91 Å². The predicted octanol–water partition coefficient (Wildman–Crippen LogP) is 3.89. The van der Waals surface area contributed by atoms with Crippen LogP contribution in [0.25, 0.3) is 16.7 Å². The average molecular weight is 431 g/mol. The van der Waals surface area contributed by atoms with E-state index < -0.39 is 0 Å². The van der Waals surface area contributed by atoms with Crippen molar-refractivity contribution in [3.05, 3.63) is 88.2 Å². The van der Waals surface area contributed by atoms with E-state index in [2.05, 4.69) is 4.98 Å². The van der Waals surface area contributed by atoms with Crippen LogP contribution in [0.4, 0.5) is 0 Å². The zero-order chi connectivity index (χ0) is 22.7. The molecule has 0 radical (unpaired) electrons. The van der Waals surface area contributed by atoms with Crippen LogP contribution in [-0.4, -0.2) is 34.5 Å². The number of aryl methyl sites for hydroxylation is 2. The molecule has 7 heteroatoms. The smallest absolute Gasteiger partial charge is 0.277 e. The van der Waals surface area contributed by atoms with Crippen LogP contribution < -0.4 is 10.3 Å². The molecule has 7 nitrogen and oxygen atoms in total. The Labute approximate surface area is 185 Å². The summed E-state index contributed by atoms with van der Waals surface area (Å²) >= 11 is 0. The van der Waals surface area contributed by atoms with E-state index in [0.29, 0.717) is 34.7 Å². The van der Waals surface area contributed by atoms with Gasteiger partial charge in [0.1, 0.15) is 23.0 Å². The Bertz CT molecular complexity index is 1310. The van der Waals surface area contributed by atoms with Crippen molar-refractivity contribution in [1.29, 1.82) is 0 Å². The first kappa shape index (κ1) is 21.4. The van der Waals surface area contributed by atoms with Gasteiger partial charge in [-0.3, -0.25) is 14.2 Å². The summed E-state index contributed by atoms with van der Waals surface area (Å²) in [5.41, 5.74) is 2.25. The Morgan fingerprint density at radius 3 is 2.53 bits per heavy atom. The van der Waals surface area contributed by atoms with Crippen molar-refractivity contribution in [1.82, 2.24) is 14.5 Å². The molecule has 2 heterocycles. The number of carbonyl (C=O) groups excluding carboxylic acids is 1. The number of ether oxygens (including phenoxy) is 1. The van der Waals surface area contributed by atoms with Crippen molar-refractivity contribution in [2.75, 3.05) is 14.2 Å². The van der Waals surface area contributed by atoms with Gasteiger partial charge in [-0.15, -0.1) is 0 Å². The first-order chi connectivity index (χ1) is 15.5. The lowest BCUT2D eigenvalue weighted by atomic mass is 10.2. The molecule has 0 aliphatic carbocycles. The molecular formula is C25H25N3O4. The normalized spacial score (nSPS) is 11.0. The quantitative estimate of drug-likeness (QED) is 0.444. The van der Waals surface area contributed by atoms with Crippen LogP contribution in [0.1, 0.15) is 23.6 Å². The van der Waals surface area contributed by atoms with Crippen molar-refractivity contribution >= 4 is 16.9 Å². The number of hydrogen-bond donors (Lipinski definition) is 0. The maximum atomic E-state index is 13.3. The van der Waals surface area contributed by atoms with Gasteiger partial charge in [-0.25, -0.2) is 4.98 Å². The molecule has 0 saturated heterocycles. The van der Waals surface area contributed by atoms with Crippen molar-refractivity contribution in [2.24, 2.45) is 0 Å². The molecule has 0 fully saturated rings. The SMILES string of the molecule is COc1ccc(-n2c(=O)c(CCC(=O)N(C)Cc3ccc(C)o3)nc3ccccc32)cc1. The Kier molecular flexibility index (Phi) is 6.07. The van der Waals surface area contributed by atoms with Crippen molar-refractivity contribution in [3.63, 3.8) is 0 Å². The van der Waals surface area contributed by atoms with Crippen LogP contribution in [0.15, 0.2) is 69.9 Å². The van der Waals surface area contributed by atoms with Gasteiger partial charge in [0.25, 0.3) is 5.56 Å². The largest absolute Gasteiger partial charge is 0.497 e. The van der Waals surface area contributed by atoms with Gasteiger partial charge in [0.05, 0.1) is 24.7 Å². The molecule has 4 aromatic rings. The highest BCUT2D eigenvalue weighted by Crippen LogP contribution is 2.19. The Morgan fingerprint density at radius 1 is 1.09 bits per heavy atom. The summed E-state index contributed by atoms with van der Waals surface area (Å²) in [6.07, 6.45) is 0.430. The fourth-order valence-corrected chi connectivity index (χ4v) is 3.64. The second-order valence-corrected chi connectivity index (χ2v) is 7.65. The molecule has 2 aromatic heterocycles. The van der Waals surface area contributed by atoms with E-state index in [1.165, 1.54) is 0 Å². The van der Waals surface area contributed by atoms with Crippen molar-refractivity contribution in [3.8, 4) is 11.4 Å². The molecule has 0 atom stereocenters. The lowest BCUT2D eigenvalue weighted by molar-refractivity contribution is -0.130. The lowest BCUT2D eigenvalue weighted by Gasteiger charge is -2.16. The molecule has 0 saturated carbocycles.